The Kier molecular flexibility index (Phi) is 3.36. The van der Waals surface area contributed by atoms with E-state index in [2.05, 4.69) is 22.4 Å². The van der Waals surface area contributed by atoms with Gasteiger partial charge >= 0.3 is 0 Å². The van der Waals surface area contributed by atoms with Gasteiger partial charge in [0.2, 0.25) is 0 Å². The molecule has 6 heteroatoms. The minimum atomic E-state index is -0.202. The summed E-state index contributed by atoms with van der Waals surface area (Å²) >= 11 is 0. The van der Waals surface area contributed by atoms with Crippen molar-refractivity contribution < 1.29 is 4.79 Å². The lowest BCUT2D eigenvalue weighted by Gasteiger charge is -2.06. The Labute approximate surface area is 105 Å². The molecule has 2 heterocycles. The van der Waals surface area contributed by atoms with Crippen molar-refractivity contribution in [3.8, 4) is 0 Å². The fourth-order valence-corrected chi connectivity index (χ4v) is 1.81. The van der Waals surface area contributed by atoms with E-state index < -0.39 is 0 Å². The Bertz CT molecular complexity index is 555. The lowest BCUT2D eigenvalue weighted by molar-refractivity contribution is 0.101. The third-order valence-corrected chi connectivity index (χ3v) is 2.56. The van der Waals surface area contributed by atoms with Crippen LogP contribution in [0.15, 0.2) is 18.3 Å². The monoisotopic (exact) mass is 247 g/mol. The number of anilines is 2. The Morgan fingerprint density at radius 1 is 1.56 bits per heavy atom. The lowest BCUT2D eigenvalue weighted by Crippen LogP contribution is -2.17. The number of nitrogen functional groups attached to an aromatic ring is 1. The number of carbonyl (C=O) groups is 1. The van der Waals surface area contributed by atoms with Crippen LogP contribution in [0.1, 0.15) is 29.5 Å². The SMILES string of the molecule is CCCn1cc(N)cc1C(=O)Nc1cc(C)[nH]n1. The molecular weight excluding hydrogens is 230 g/mol. The van der Waals surface area contributed by atoms with Gasteiger partial charge in [-0.2, -0.15) is 5.10 Å². The highest BCUT2D eigenvalue weighted by Crippen LogP contribution is 2.13. The Morgan fingerprint density at radius 3 is 2.94 bits per heavy atom. The molecule has 0 fully saturated rings. The topological polar surface area (TPSA) is 88.7 Å². The maximum absolute atomic E-state index is 12.1. The number of rotatable bonds is 4. The summed E-state index contributed by atoms with van der Waals surface area (Å²) < 4.78 is 1.85. The van der Waals surface area contributed by atoms with Gasteiger partial charge < -0.3 is 15.6 Å². The molecular formula is C12H17N5O. The molecule has 6 nitrogen and oxygen atoms in total. The molecule has 0 aliphatic heterocycles. The van der Waals surface area contributed by atoms with Crippen LogP contribution in [0.4, 0.5) is 11.5 Å². The van der Waals surface area contributed by atoms with Crippen molar-refractivity contribution in [1.29, 1.82) is 0 Å². The minimum Gasteiger partial charge on any atom is -0.397 e. The number of nitrogens with one attached hydrogen (secondary N) is 2. The second-order valence-corrected chi connectivity index (χ2v) is 4.24. The zero-order valence-electron chi connectivity index (χ0n) is 10.5. The highest BCUT2D eigenvalue weighted by atomic mass is 16.2. The van der Waals surface area contributed by atoms with E-state index in [1.54, 1.807) is 18.3 Å². The van der Waals surface area contributed by atoms with E-state index in [0.717, 1.165) is 18.7 Å². The quantitative estimate of drug-likeness (QED) is 0.769. The molecule has 2 aromatic heterocycles. The van der Waals surface area contributed by atoms with E-state index >= 15 is 0 Å². The lowest BCUT2D eigenvalue weighted by atomic mass is 10.3. The number of nitrogens with two attached hydrogens (primary N) is 1. The predicted molar refractivity (Wildman–Crippen MR) is 70.4 cm³/mol. The Hall–Kier alpha value is -2.24. The molecule has 0 spiro atoms. The van der Waals surface area contributed by atoms with E-state index in [1.165, 1.54) is 0 Å². The van der Waals surface area contributed by atoms with Crippen LogP contribution in [-0.4, -0.2) is 20.7 Å². The molecule has 0 radical (unpaired) electrons. The van der Waals surface area contributed by atoms with Crippen molar-refractivity contribution in [2.45, 2.75) is 26.8 Å². The number of aryl methyl sites for hydroxylation is 2. The van der Waals surface area contributed by atoms with E-state index in [0.29, 0.717) is 17.2 Å². The molecule has 0 atom stereocenters. The van der Waals surface area contributed by atoms with Crippen molar-refractivity contribution in [3.63, 3.8) is 0 Å². The number of H-pyrrole nitrogens is 1. The van der Waals surface area contributed by atoms with Gasteiger partial charge in [0.25, 0.3) is 5.91 Å². The highest BCUT2D eigenvalue weighted by molar-refractivity contribution is 6.03. The number of carbonyl (C=O) groups excluding carboxylic acids is 1. The summed E-state index contributed by atoms with van der Waals surface area (Å²) in [6.07, 6.45) is 2.71. The fourth-order valence-electron chi connectivity index (χ4n) is 1.81. The summed E-state index contributed by atoms with van der Waals surface area (Å²) in [5, 5.41) is 9.47. The summed E-state index contributed by atoms with van der Waals surface area (Å²) in [5.74, 6) is 0.312. The predicted octanol–water partition coefficient (Wildman–Crippen LogP) is 1.76. The molecule has 0 saturated carbocycles. The number of aromatic nitrogens is 3. The number of nitrogens with zero attached hydrogens (tertiary/aromatic N) is 2. The third kappa shape index (κ3) is 2.53. The van der Waals surface area contributed by atoms with Gasteiger partial charge in [-0.1, -0.05) is 6.92 Å². The van der Waals surface area contributed by atoms with Crippen LogP contribution in [0.3, 0.4) is 0 Å². The van der Waals surface area contributed by atoms with Gasteiger partial charge in [-0.15, -0.1) is 0 Å². The Morgan fingerprint density at radius 2 is 2.33 bits per heavy atom. The fraction of sp³-hybridized carbons (Fsp3) is 0.333. The molecule has 0 bridgehead atoms. The molecule has 96 valence electrons. The van der Waals surface area contributed by atoms with Crippen LogP contribution >= 0.6 is 0 Å². The maximum Gasteiger partial charge on any atom is 0.273 e. The summed E-state index contributed by atoms with van der Waals surface area (Å²) in [6.45, 7) is 4.69. The highest BCUT2D eigenvalue weighted by Gasteiger charge is 2.13. The number of hydrogen-bond acceptors (Lipinski definition) is 3. The second-order valence-electron chi connectivity index (χ2n) is 4.24. The molecule has 0 aliphatic rings. The van der Waals surface area contributed by atoms with Gasteiger partial charge in [0.05, 0.1) is 5.69 Å². The van der Waals surface area contributed by atoms with Crippen LogP contribution < -0.4 is 11.1 Å². The summed E-state index contributed by atoms with van der Waals surface area (Å²) in [6, 6.07) is 3.44. The average molecular weight is 247 g/mol. The summed E-state index contributed by atoms with van der Waals surface area (Å²) in [7, 11) is 0. The van der Waals surface area contributed by atoms with Crippen molar-refractivity contribution in [2.75, 3.05) is 11.1 Å². The molecule has 0 unspecified atom stereocenters. The van der Waals surface area contributed by atoms with Crippen LogP contribution in [0.25, 0.3) is 0 Å². The Balaban J connectivity index is 2.17. The zero-order valence-corrected chi connectivity index (χ0v) is 10.5. The van der Waals surface area contributed by atoms with Crippen LogP contribution in [0.5, 0.6) is 0 Å². The second kappa shape index (κ2) is 4.95. The first-order chi connectivity index (χ1) is 8.60. The molecule has 0 aromatic carbocycles. The number of amides is 1. The van der Waals surface area contributed by atoms with E-state index in [1.807, 2.05) is 11.5 Å². The van der Waals surface area contributed by atoms with Gasteiger partial charge in [0.1, 0.15) is 5.69 Å². The first kappa shape index (κ1) is 12.2. The smallest absolute Gasteiger partial charge is 0.273 e. The van der Waals surface area contributed by atoms with Crippen molar-refractivity contribution >= 4 is 17.4 Å². The average Bonchev–Trinajstić information content (AvgIpc) is 2.86. The maximum atomic E-state index is 12.1. The molecule has 18 heavy (non-hydrogen) atoms. The van der Waals surface area contributed by atoms with Gasteiger partial charge in [-0.05, 0) is 19.4 Å². The van der Waals surface area contributed by atoms with Gasteiger partial charge in [0.15, 0.2) is 5.82 Å². The van der Waals surface area contributed by atoms with Crippen LogP contribution in [-0.2, 0) is 6.54 Å². The summed E-state index contributed by atoms with van der Waals surface area (Å²) in [5.41, 5.74) is 7.76. The van der Waals surface area contributed by atoms with E-state index in [9.17, 15) is 4.79 Å². The summed E-state index contributed by atoms with van der Waals surface area (Å²) in [4.78, 5) is 12.1. The minimum absolute atomic E-state index is 0.202. The molecule has 4 N–H and O–H groups in total. The molecule has 0 aliphatic carbocycles. The first-order valence-electron chi connectivity index (χ1n) is 5.89. The normalized spacial score (nSPS) is 10.6. The molecule has 1 amide bonds. The van der Waals surface area contributed by atoms with Gasteiger partial charge in [-0.3, -0.25) is 9.89 Å². The number of aromatic amines is 1. The molecule has 2 aromatic rings. The van der Waals surface area contributed by atoms with Crippen molar-refractivity contribution in [2.24, 2.45) is 0 Å². The van der Waals surface area contributed by atoms with Gasteiger partial charge in [-0.25, -0.2) is 0 Å². The van der Waals surface area contributed by atoms with Crippen molar-refractivity contribution in [3.05, 3.63) is 29.7 Å². The standard InChI is InChI=1S/C12H17N5O/c1-3-4-17-7-9(13)6-10(17)12(18)14-11-5-8(2)15-16-11/h5-7H,3-4,13H2,1-2H3,(H2,14,15,16,18). The molecule has 0 saturated heterocycles. The van der Waals surface area contributed by atoms with Crippen LogP contribution in [0.2, 0.25) is 0 Å². The van der Waals surface area contributed by atoms with Crippen molar-refractivity contribution in [1.82, 2.24) is 14.8 Å². The largest absolute Gasteiger partial charge is 0.397 e. The van der Waals surface area contributed by atoms with Gasteiger partial charge in [0, 0.05) is 24.5 Å². The van der Waals surface area contributed by atoms with E-state index in [4.69, 9.17) is 5.73 Å². The number of hydrogen-bond donors (Lipinski definition) is 3. The third-order valence-electron chi connectivity index (χ3n) is 2.56. The molecule has 2 rings (SSSR count). The van der Waals surface area contributed by atoms with Crippen LogP contribution in [0, 0.1) is 6.92 Å². The zero-order chi connectivity index (χ0) is 13.1. The van der Waals surface area contributed by atoms with E-state index in [-0.39, 0.29) is 5.91 Å². The first-order valence-corrected chi connectivity index (χ1v) is 5.89.